The number of unbranched alkanes of at least 4 members (excludes halogenated alkanes) is 1. The lowest BCUT2D eigenvalue weighted by molar-refractivity contribution is 0.0418. The minimum atomic E-state index is -0.847. The van der Waals surface area contributed by atoms with E-state index < -0.39 is 22.5 Å². The number of amides is 1. The molecule has 0 radical (unpaired) electrons. The van der Waals surface area contributed by atoms with Gasteiger partial charge in [-0.2, -0.15) is 0 Å². The summed E-state index contributed by atoms with van der Waals surface area (Å²) >= 11 is 0. The molecule has 5 nitrogen and oxygen atoms in total. The van der Waals surface area contributed by atoms with E-state index in [-0.39, 0.29) is 0 Å². The molecule has 1 atom stereocenters. The molecule has 0 aliphatic carbocycles. The summed E-state index contributed by atoms with van der Waals surface area (Å²) in [5.41, 5.74) is 2.06. The Bertz CT molecular complexity index is 820. The molecule has 0 saturated heterocycles. The fourth-order valence-electron chi connectivity index (χ4n) is 3.03. The first-order valence-electron chi connectivity index (χ1n) is 9.10. The Kier molecular flexibility index (Phi) is 6.16. The number of hydrogen-bond acceptors (Lipinski definition) is 4. The van der Waals surface area contributed by atoms with Crippen LogP contribution in [0.25, 0.3) is 0 Å². The van der Waals surface area contributed by atoms with Gasteiger partial charge in [-0.15, -0.1) is 0 Å². The van der Waals surface area contributed by atoms with Gasteiger partial charge in [0.1, 0.15) is 11.4 Å². The summed E-state index contributed by atoms with van der Waals surface area (Å²) < 4.78 is 23.3. The predicted octanol–water partition coefficient (Wildman–Crippen LogP) is 4.59. The molecule has 3 rings (SSSR count). The monoisotopic (exact) mass is 387 g/mol. The molecule has 27 heavy (non-hydrogen) atoms. The number of nitrogens with one attached hydrogen (secondary N) is 1. The molecule has 2 aromatic rings. The third-order valence-electron chi connectivity index (χ3n) is 4.43. The average molecular weight is 388 g/mol. The van der Waals surface area contributed by atoms with Crippen LogP contribution >= 0.6 is 0 Å². The van der Waals surface area contributed by atoms with Crippen LogP contribution in [0.15, 0.2) is 48.5 Å². The molecule has 1 heterocycles. The van der Waals surface area contributed by atoms with Gasteiger partial charge in [0, 0.05) is 27.9 Å². The van der Waals surface area contributed by atoms with Crippen molar-refractivity contribution in [2.75, 3.05) is 17.7 Å². The van der Waals surface area contributed by atoms with E-state index in [1.54, 1.807) is 0 Å². The highest BCUT2D eigenvalue weighted by molar-refractivity contribution is 7.84. The fourth-order valence-corrected chi connectivity index (χ4v) is 4.26. The number of cyclic esters (lactones) is 1. The zero-order valence-electron chi connectivity index (χ0n) is 15.7. The van der Waals surface area contributed by atoms with Crippen LogP contribution in [0, 0.1) is 0 Å². The van der Waals surface area contributed by atoms with Crippen LogP contribution in [0.5, 0.6) is 5.75 Å². The molecule has 0 saturated carbocycles. The fraction of sp³-hybridized carbons (Fsp3) is 0.381. The molecule has 144 valence electrons. The van der Waals surface area contributed by atoms with Crippen molar-refractivity contribution < 1.29 is 18.5 Å². The van der Waals surface area contributed by atoms with Crippen LogP contribution in [-0.2, 0) is 26.9 Å². The van der Waals surface area contributed by atoms with Crippen LogP contribution < -0.4 is 10.1 Å². The molecule has 1 amide bonds. The van der Waals surface area contributed by atoms with Crippen molar-refractivity contribution in [1.29, 1.82) is 0 Å². The van der Waals surface area contributed by atoms with Gasteiger partial charge in [0.25, 0.3) is 0 Å². The lowest BCUT2D eigenvalue weighted by atomic mass is 9.94. The Hall–Kier alpha value is -2.34. The van der Waals surface area contributed by atoms with Gasteiger partial charge in [-0.05, 0) is 50.5 Å². The van der Waals surface area contributed by atoms with Gasteiger partial charge in [0.15, 0.2) is 0 Å². The molecular formula is C21H25NO4S. The van der Waals surface area contributed by atoms with Gasteiger partial charge in [-0.3, -0.25) is 9.53 Å². The van der Waals surface area contributed by atoms with Crippen LogP contribution in [0.2, 0.25) is 0 Å². The third kappa shape index (κ3) is 5.32. The smallest absolute Gasteiger partial charge is 0.412 e. The van der Waals surface area contributed by atoms with Gasteiger partial charge in [0.05, 0.1) is 12.3 Å². The van der Waals surface area contributed by atoms with E-state index in [9.17, 15) is 9.00 Å². The number of carbonyl (C=O) groups is 1. The van der Waals surface area contributed by atoms with Gasteiger partial charge in [-0.1, -0.05) is 30.3 Å². The van der Waals surface area contributed by atoms with E-state index >= 15 is 0 Å². The summed E-state index contributed by atoms with van der Waals surface area (Å²) in [5, 5.41) is 2.70. The summed E-state index contributed by atoms with van der Waals surface area (Å²) in [4.78, 5) is 11.6. The van der Waals surface area contributed by atoms with Gasteiger partial charge in [0.2, 0.25) is 0 Å². The zero-order valence-corrected chi connectivity index (χ0v) is 16.5. The largest absolute Gasteiger partial charge is 0.494 e. The van der Waals surface area contributed by atoms with Crippen LogP contribution in [-0.4, -0.2) is 22.7 Å². The number of anilines is 1. The molecule has 6 heteroatoms. The van der Waals surface area contributed by atoms with E-state index in [0.717, 1.165) is 35.4 Å². The molecule has 0 fully saturated rings. The molecule has 1 aliphatic rings. The standard InChI is InChI=1S/C21H25NO4S/c1-21(2)18-14-17(10-11-19(18)22-20(23)26-21)25-12-6-7-13-27(24)15-16-8-4-3-5-9-16/h3-5,8-11,14H,6-7,12-13,15H2,1-2H3,(H,22,23). The van der Waals surface area contributed by atoms with Crippen molar-refractivity contribution in [3.8, 4) is 5.75 Å². The van der Waals surface area contributed by atoms with E-state index in [0.29, 0.717) is 18.1 Å². The minimum Gasteiger partial charge on any atom is -0.494 e. The number of benzene rings is 2. The highest BCUT2D eigenvalue weighted by Gasteiger charge is 2.33. The van der Waals surface area contributed by atoms with E-state index in [1.807, 2.05) is 62.4 Å². The zero-order chi connectivity index (χ0) is 19.3. The van der Waals surface area contributed by atoms with Crippen molar-refractivity contribution >= 4 is 22.6 Å². The Morgan fingerprint density at radius 2 is 1.89 bits per heavy atom. The van der Waals surface area contributed by atoms with Crippen molar-refractivity contribution in [2.45, 2.75) is 38.0 Å². The minimum absolute atomic E-state index is 0.440. The maximum atomic E-state index is 12.1. The number of ether oxygens (including phenoxy) is 2. The third-order valence-corrected chi connectivity index (χ3v) is 5.83. The molecule has 2 aromatic carbocycles. The lowest BCUT2D eigenvalue weighted by Crippen LogP contribution is -2.34. The Labute approximate surface area is 162 Å². The topological polar surface area (TPSA) is 64.6 Å². The summed E-state index contributed by atoms with van der Waals surface area (Å²) in [6.45, 7) is 4.28. The van der Waals surface area contributed by atoms with Crippen molar-refractivity contribution in [2.24, 2.45) is 0 Å². The second-order valence-electron chi connectivity index (χ2n) is 7.06. The highest BCUT2D eigenvalue weighted by Crippen LogP contribution is 2.37. The van der Waals surface area contributed by atoms with Crippen LogP contribution in [0.1, 0.15) is 37.8 Å². The molecule has 1 aliphatic heterocycles. The number of hydrogen-bond donors (Lipinski definition) is 1. The Morgan fingerprint density at radius 1 is 1.11 bits per heavy atom. The number of fused-ring (bicyclic) bond motifs is 1. The Morgan fingerprint density at radius 3 is 2.67 bits per heavy atom. The second-order valence-corrected chi connectivity index (χ2v) is 8.64. The normalized spacial score (nSPS) is 16.0. The molecule has 0 bridgehead atoms. The molecule has 1 unspecified atom stereocenters. The van der Waals surface area contributed by atoms with E-state index in [4.69, 9.17) is 9.47 Å². The average Bonchev–Trinajstić information content (AvgIpc) is 2.62. The number of rotatable bonds is 8. The predicted molar refractivity (Wildman–Crippen MR) is 107 cm³/mol. The number of carbonyl (C=O) groups excluding carboxylic acids is 1. The van der Waals surface area contributed by atoms with Crippen LogP contribution in [0.3, 0.4) is 0 Å². The van der Waals surface area contributed by atoms with Gasteiger partial charge >= 0.3 is 6.09 Å². The SMILES string of the molecule is CC1(C)OC(=O)Nc2ccc(OCCCCS(=O)Cc3ccccc3)cc21. The first-order chi connectivity index (χ1) is 12.9. The maximum absolute atomic E-state index is 12.1. The second kappa shape index (κ2) is 8.57. The van der Waals surface area contributed by atoms with Crippen molar-refractivity contribution in [3.05, 3.63) is 59.7 Å². The lowest BCUT2D eigenvalue weighted by Gasteiger charge is -2.32. The van der Waals surface area contributed by atoms with Crippen LogP contribution in [0.4, 0.5) is 10.5 Å². The van der Waals surface area contributed by atoms with Crippen molar-refractivity contribution in [1.82, 2.24) is 0 Å². The van der Waals surface area contributed by atoms with Gasteiger partial charge < -0.3 is 9.47 Å². The first-order valence-corrected chi connectivity index (χ1v) is 10.6. The first kappa shape index (κ1) is 19.4. The van der Waals surface area contributed by atoms with E-state index in [1.165, 1.54) is 0 Å². The summed E-state index contributed by atoms with van der Waals surface area (Å²) in [6.07, 6.45) is 1.26. The highest BCUT2D eigenvalue weighted by atomic mass is 32.2. The maximum Gasteiger partial charge on any atom is 0.412 e. The molecule has 0 aromatic heterocycles. The quantitative estimate of drug-likeness (QED) is 0.673. The summed E-state index contributed by atoms with van der Waals surface area (Å²) in [7, 11) is -0.847. The van der Waals surface area contributed by atoms with E-state index in [2.05, 4.69) is 5.32 Å². The van der Waals surface area contributed by atoms with Crippen molar-refractivity contribution in [3.63, 3.8) is 0 Å². The molecule has 0 spiro atoms. The summed E-state index contributed by atoms with van der Waals surface area (Å²) in [5.74, 6) is 2.02. The Balaban J connectivity index is 1.43. The molecular weight excluding hydrogens is 362 g/mol. The van der Waals surface area contributed by atoms with Gasteiger partial charge in [-0.25, -0.2) is 4.79 Å². The molecule has 1 N–H and O–H groups in total. The summed E-state index contributed by atoms with van der Waals surface area (Å²) in [6, 6.07) is 15.5.